The van der Waals surface area contributed by atoms with E-state index in [0.717, 1.165) is 0 Å². The number of aromatic nitrogens is 1. The number of halogens is 2. The molecule has 0 atom stereocenters. The van der Waals surface area contributed by atoms with Crippen LogP contribution in [0.4, 0.5) is 4.39 Å². The van der Waals surface area contributed by atoms with Gasteiger partial charge in [0.05, 0.1) is 19.3 Å². The summed E-state index contributed by atoms with van der Waals surface area (Å²) in [6.45, 7) is 0.0842. The molecule has 0 N–H and O–H groups in total. The molecule has 106 valence electrons. The molecule has 0 radical (unpaired) electrons. The molecule has 0 saturated heterocycles. The highest BCUT2D eigenvalue weighted by Gasteiger charge is 2.22. The lowest BCUT2D eigenvalue weighted by Gasteiger charge is -1.99. The molecular formula is C13H11BrFNO4. The van der Waals surface area contributed by atoms with Crippen molar-refractivity contribution in [3.63, 3.8) is 0 Å². The van der Waals surface area contributed by atoms with E-state index in [1.807, 2.05) is 0 Å². The number of benzene rings is 1. The second kappa shape index (κ2) is 6.15. The smallest absolute Gasteiger partial charge is 0.376 e. The molecule has 0 aliphatic heterocycles. The van der Waals surface area contributed by atoms with Crippen molar-refractivity contribution in [2.24, 2.45) is 0 Å². The molecule has 7 heteroatoms. The Morgan fingerprint density at radius 1 is 1.45 bits per heavy atom. The second-order valence-electron chi connectivity index (χ2n) is 3.84. The summed E-state index contributed by atoms with van der Waals surface area (Å²) in [6.07, 6.45) is 0. The minimum atomic E-state index is -0.664. The van der Waals surface area contributed by atoms with Gasteiger partial charge in [-0.3, -0.25) is 0 Å². The normalized spacial score (nSPS) is 10.6. The third-order valence-corrected chi connectivity index (χ3v) is 3.20. The van der Waals surface area contributed by atoms with E-state index in [2.05, 4.69) is 25.7 Å². The van der Waals surface area contributed by atoms with Gasteiger partial charge in [-0.15, -0.1) is 0 Å². The Kier molecular flexibility index (Phi) is 4.51. The van der Waals surface area contributed by atoms with Gasteiger partial charge in [-0.25, -0.2) is 14.2 Å². The van der Waals surface area contributed by atoms with Crippen LogP contribution in [0.5, 0.6) is 0 Å². The van der Waals surface area contributed by atoms with Crippen molar-refractivity contribution < 1.29 is 23.1 Å². The molecule has 0 bridgehead atoms. The molecule has 2 aromatic rings. The predicted octanol–water partition coefficient (Wildman–Crippen LogP) is 3.18. The Bertz CT molecular complexity index is 641. The first kappa shape index (κ1) is 14.7. The van der Waals surface area contributed by atoms with Crippen LogP contribution in [0.3, 0.4) is 0 Å². The molecule has 1 heterocycles. The summed E-state index contributed by atoms with van der Waals surface area (Å²) in [6, 6.07) is 4.09. The molecule has 0 spiro atoms. The first-order valence-electron chi connectivity index (χ1n) is 5.59. The van der Waals surface area contributed by atoms with Crippen LogP contribution < -0.4 is 0 Å². The third-order valence-electron chi connectivity index (χ3n) is 2.51. The summed E-state index contributed by atoms with van der Waals surface area (Å²) in [5.41, 5.74) is 0.697. The Hall–Kier alpha value is -1.73. The topological polar surface area (TPSA) is 61.6 Å². The Balaban J connectivity index is 2.52. The minimum absolute atomic E-state index is 0.0551. The van der Waals surface area contributed by atoms with Crippen LogP contribution in [0, 0.1) is 5.82 Å². The largest absolute Gasteiger partial charge is 0.463 e. The lowest BCUT2D eigenvalue weighted by molar-refractivity contribution is 0.0559. The van der Waals surface area contributed by atoms with Crippen molar-refractivity contribution in [3.05, 3.63) is 39.9 Å². The zero-order valence-electron chi connectivity index (χ0n) is 10.8. The maximum atomic E-state index is 13.3. The molecular weight excluding hydrogens is 333 g/mol. The van der Waals surface area contributed by atoms with Crippen LogP contribution in [0.2, 0.25) is 0 Å². The standard InChI is InChI=1S/C13H11BrFNO4/c1-18-6-10-11(13(17)19-2)20-12(16-10)8-5-7(15)3-4-9(8)14/h3-5H,6H2,1-2H3. The van der Waals surface area contributed by atoms with E-state index in [9.17, 15) is 9.18 Å². The van der Waals surface area contributed by atoms with Gasteiger partial charge >= 0.3 is 5.97 Å². The number of methoxy groups -OCH3 is 2. The van der Waals surface area contributed by atoms with Crippen LogP contribution in [0.15, 0.2) is 27.1 Å². The van der Waals surface area contributed by atoms with Crippen molar-refractivity contribution in [1.29, 1.82) is 0 Å². The van der Waals surface area contributed by atoms with Crippen LogP contribution in [0.1, 0.15) is 16.2 Å². The van der Waals surface area contributed by atoms with Gasteiger partial charge in [0.15, 0.2) is 0 Å². The molecule has 5 nitrogen and oxygen atoms in total. The van der Waals surface area contributed by atoms with Gasteiger partial charge in [0.1, 0.15) is 11.5 Å². The van der Waals surface area contributed by atoms with Crippen molar-refractivity contribution in [2.45, 2.75) is 6.61 Å². The van der Waals surface area contributed by atoms with Crippen LogP contribution in [-0.4, -0.2) is 25.2 Å². The lowest BCUT2D eigenvalue weighted by atomic mass is 10.2. The number of hydrogen-bond donors (Lipinski definition) is 0. The average Bonchev–Trinajstić information content (AvgIpc) is 2.85. The monoisotopic (exact) mass is 343 g/mol. The van der Waals surface area contributed by atoms with Gasteiger partial charge in [-0.1, -0.05) is 0 Å². The second-order valence-corrected chi connectivity index (χ2v) is 4.70. The highest BCUT2D eigenvalue weighted by molar-refractivity contribution is 9.10. The van der Waals surface area contributed by atoms with E-state index in [1.54, 1.807) is 0 Å². The van der Waals surface area contributed by atoms with Crippen LogP contribution >= 0.6 is 15.9 Å². The molecule has 1 aromatic heterocycles. The molecule has 2 rings (SSSR count). The van der Waals surface area contributed by atoms with Gasteiger partial charge in [-0.05, 0) is 34.1 Å². The number of carbonyl (C=O) groups is 1. The SMILES string of the molecule is COCc1nc(-c2cc(F)ccc2Br)oc1C(=O)OC. The fourth-order valence-corrected chi connectivity index (χ4v) is 2.03. The highest BCUT2D eigenvalue weighted by Crippen LogP contribution is 2.30. The first-order valence-corrected chi connectivity index (χ1v) is 6.38. The Labute approximate surface area is 122 Å². The predicted molar refractivity (Wildman–Crippen MR) is 71.6 cm³/mol. The number of oxazole rings is 1. The lowest BCUT2D eigenvalue weighted by Crippen LogP contribution is -2.04. The molecule has 0 unspecified atom stereocenters. The van der Waals surface area contributed by atoms with Crippen molar-refractivity contribution in [2.75, 3.05) is 14.2 Å². The van der Waals surface area contributed by atoms with Crippen LogP contribution in [0.25, 0.3) is 11.5 Å². The van der Waals surface area contributed by atoms with E-state index in [0.29, 0.717) is 15.7 Å². The summed E-state index contributed by atoms with van der Waals surface area (Å²) in [5, 5.41) is 0. The summed E-state index contributed by atoms with van der Waals surface area (Å²) < 4.78 is 28.8. The number of rotatable bonds is 4. The molecule has 0 aliphatic carbocycles. The van der Waals surface area contributed by atoms with Crippen molar-refractivity contribution in [3.8, 4) is 11.5 Å². The molecule has 0 fully saturated rings. The third kappa shape index (κ3) is 2.88. The van der Waals surface area contributed by atoms with Crippen molar-refractivity contribution >= 4 is 21.9 Å². The summed E-state index contributed by atoms with van der Waals surface area (Å²) in [7, 11) is 2.70. The summed E-state index contributed by atoms with van der Waals surface area (Å²) in [5.74, 6) is -1.04. The van der Waals surface area contributed by atoms with Crippen molar-refractivity contribution in [1.82, 2.24) is 4.98 Å². The molecule has 1 aromatic carbocycles. The first-order chi connectivity index (χ1) is 9.56. The van der Waals surface area contributed by atoms with Gasteiger partial charge in [0, 0.05) is 11.6 Å². The molecule has 0 amide bonds. The number of hydrogen-bond acceptors (Lipinski definition) is 5. The van der Waals surface area contributed by atoms with E-state index in [4.69, 9.17) is 9.15 Å². The summed E-state index contributed by atoms with van der Waals surface area (Å²) >= 11 is 3.28. The maximum Gasteiger partial charge on any atom is 0.376 e. The van der Waals surface area contributed by atoms with Gasteiger partial charge in [0.25, 0.3) is 0 Å². The zero-order chi connectivity index (χ0) is 14.7. The minimum Gasteiger partial charge on any atom is -0.463 e. The summed E-state index contributed by atoms with van der Waals surface area (Å²) in [4.78, 5) is 15.8. The maximum absolute atomic E-state index is 13.3. The Morgan fingerprint density at radius 3 is 2.85 bits per heavy atom. The highest BCUT2D eigenvalue weighted by atomic mass is 79.9. The van der Waals surface area contributed by atoms with Gasteiger partial charge in [-0.2, -0.15) is 0 Å². The molecule has 0 aliphatic rings. The number of ether oxygens (including phenoxy) is 2. The van der Waals surface area contributed by atoms with E-state index in [1.165, 1.54) is 32.4 Å². The quantitative estimate of drug-likeness (QED) is 0.798. The average molecular weight is 344 g/mol. The van der Waals surface area contributed by atoms with E-state index >= 15 is 0 Å². The Morgan fingerprint density at radius 2 is 2.20 bits per heavy atom. The van der Waals surface area contributed by atoms with E-state index < -0.39 is 11.8 Å². The fraction of sp³-hybridized carbons (Fsp3) is 0.231. The number of nitrogens with zero attached hydrogens (tertiary/aromatic N) is 1. The number of carbonyl (C=O) groups excluding carboxylic acids is 1. The van der Waals surface area contributed by atoms with Gasteiger partial charge < -0.3 is 13.9 Å². The zero-order valence-corrected chi connectivity index (χ0v) is 12.4. The fourth-order valence-electron chi connectivity index (χ4n) is 1.62. The van der Waals surface area contributed by atoms with Crippen LogP contribution in [-0.2, 0) is 16.1 Å². The molecule has 0 saturated carbocycles. The van der Waals surface area contributed by atoms with Gasteiger partial charge in [0.2, 0.25) is 11.7 Å². The van der Waals surface area contributed by atoms with E-state index in [-0.39, 0.29) is 18.3 Å². The number of esters is 1. The molecule has 20 heavy (non-hydrogen) atoms.